The first-order valence-electron chi connectivity index (χ1n) is 5.93. The molecule has 1 aliphatic rings. The van der Waals surface area contributed by atoms with Gasteiger partial charge in [-0.15, -0.1) is 0 Å². The first-order valence-corrected chi connectivity index (χ1v) is 7.37. The molecule has 1 saturated heterocycles. The molecular weight excluding hydrogens is 270 g/mol. The minimum Gasteiger partial charge on any atom is -0.329 e. The number of nitrogens with zero attached hydrogens (tertiary/aromatic N) is 2. The van der Waals surface area contributed by atoms with Gasteiger partial charge < -0.3 is 5.73 Å². The lowest BCUT2D eigenvalue weighted by Crippen LogP contribution is -2.39. The van der Waals surface area contributed by atoms with Crippen LogP contribution >= 0.6 is 0 Å². The van der Waals surface area contributed by atoms with Crippen molar-refractivity contribution >= 4 is 15.7 Å². The summed E-state index contributed by atoms with van der Waals surface area (Å²) in [6, 6.07) is 4.74. The quantitative estimate of drug-likeness (QED) is 0.647. The van der Waals surface area contributed by atoms with Gasteiger partial charge in [-0.3, -0.25) is 10.1 Å². The summed E-state index contributed by atoms with van der Waals surface area (Å²) in [5, 5.41) is 10.5. The number of hydrogen-bond acceptors (Lipinski definition) is 5. The summed E-state index contributed by atoms with van der Waals surface area (Å²) in [6.45, 7) is 0.730. The summed E-state index contributed by atoms with van der Waals surface area (Å²) >= 11 is 0. The summed E-state index contributed by atoms with van der Waals surface area (Å²) in [4.78, 5) is 10.1. The van der Waals surface area contributed by atoms with Crippen LogP contribution in [0.25, 0.3) is 0 Å². The molecule has 1 aliphatic heterocycles. The van der Waals surface area contributed by atoms with E-state index in [1.54, 1.807) is 0 Å². The van der Waals surface area contributed by atoms with Gasteiger partial charge in [0.05, 0.1) is 9.82 Å². The Labute approximate surface area is 111 Å². The van der Waals surface area contributed by atoms with Crippen LogP contribution in [0.2, 0.25) is 0 Å². The number of rotatable bonds is 4. The molecule has 2 rings (SSSR count). The average molecular weight is 285 g/mol. The van der Waals surface area contributed by atoms with Gasteiger partial charge in [0, 0.05) is 31.3 Å². The van der Waals surface area contributed by atoms with E-state index < -0.39 is 14.9 Å². The lowest BCUT2D eigenvalue weighted by atomic mass is 10.2. The van der Waals surface area contributed by atoms with Crippen molar-refractivity contribution in [1.29, 1.82) is 0 Å². The summed E-state index contributed by atoms with van der Waals surface area (Å²) in [5.41, 5.74) is 5.44. The number of hydrogen-bond donors (Lipinski definition) is 1. The monoisotopic (exact) mass is 285 g/mol. The first-order chi connectivity index (χ1) is 8.96. The normalized spacial score (nSPS) is 20.6. The van der Waals surface area contributed by atoms with Gasteiger partial charge in [-0.25, -0.2) is 8.42 Å². The van der Waals surface area contributed by atoms with Crippen LogP contribution in [0.4, 0.5) is 5.69 Å². The molecule has 1 aromatic rings. The molecule has 1 atom stereocenters. The zero-order valence-corrected chi connectivity index (χ0v) is 11.0. The van der Waals surface area contributed by atoms with Crippen molar-refractivity contribution in [1.82, 2.24) is 4.31 Å². The third-order valence-corrected chi connectivity index (χ3v) is 5.22. The molecule has 1 heterocycles. The smallest absolute Gasteiger partial charge is 0.269 e. The van der Waals surface area contributed by atoms with Crippen LogP contribution in [0, 0.1) is 10.1 Å². The standard InChI is InChI=1S/C11H15N3O4S/c12-8-10-2-1-7-13(10)19(17,18)11-5-3-9(4-6-11)14(15)16/h3-6,10H,1-2,7-8,12H2/t10-/m1/s1. The van der Waals surface area contributed by atoms with Crippen molar-refractivity contribution in [3.8, 4) is 0 Å². The molecule has 19 heavy (non-hydrogen) atoms. The lowest BCUT2D eigenvalue weighted by Gasteiger charge is -2.22. The average Bonchev–Trinajstić information content (AvgIpc) is 2.87. The first kappa shape index (κ1) is 13.9. The van der Waals surface area contributed by atoms with Crippen LogP contribution in [0.3, 0.4) is 0 Å². The number of nitro benzene ring substituents is 1. The highest BCUT2D eigenvalue weighted by Gasteiger charge is 2.34. The Bertz CT molecular complexity index is 570. The molecule has 0 aromatic heterocycles. The minimum absolute atomic E-state index is 0.0680. The Kier molecular flexibility index (Phi) is 3.83. The van der Waals surface area contributed by atoms with Gasteiger partial charge in [0.1, 0.15) is 0 Å². The molecule has 7 nitrogen and oxygen atoms in total. The van der Waals surface area contributed by atoms with E-state index in [2.05, 4.69) is 0 Å². The minimum atomic E-state index is -3.61. The van der Waals surface area contributed by atoms with Crippen LogP contribution in [-0.4, -0.2) is 36.8 Å². The molecule has 0 radical (unpaired) electrons. The molecule has 1 aromatic carbocycles. The summed E-state index contributed by atoms with van der Waals surface area (Å²) in [6.07, 6.45) is 1.54. The van der Waals surface area contributed by atoms with E-state index >= 15 is 0 Å². The molecule has 0 aliphatic carbocycles. The van der Waals surface area contributed by atoms with E-state index in [1.165, 1.54) is 28.6 Å². The lowest BCUT2D eigenvalue weighted by molar-refractivity contribution is -0.384. The SMILES string of the molecule is NC[C@H]1CCCN1S(=O)(=O)c1ccc([N+](=O)[O-])cc1. The highest BCUT2D eigenvalue weighted by Crippen LogP contribution is 2.26. The largest absolute Gasteiger partial charge is 0.329 e. The van der Waals surface area contributed by atoms with Gasteiger partial charge in [-0.1, -0.05) is 0 Å². The van der Waals surface area contributed by atoms with Crippen LogP contribution in [0.1, 0.15) is 12.8 Å². The molecule has 0 unspecified atom stereocenters. The van der Waals surface area contributed by atoms with Gasteiger partial charge >= 0.3 is 0 Å². The molecule has 0 amide bonds. The topological polar surface area (TPSA) is 107 Å². The molecule has 1 fully saturated rings. The van der Waals surface area contributed by atoms with Crippen molar-refractivity contribution in [3.63, 3.8) is 0 Å². The van der Waals surface area contributed by atoms with Crippen LogP contribution in [0.5, 0.6) is 0 Å². The fraction of sp³-hybridized carbons (Fsp3) is 0.455. The Morgan fingerprint density at radius 1 is 1.37 bits per heavy atom. The summed E-state index contributed by atoms with van der Waals surface area (Å²) in [7, 11) is -3.61. The van der Waals surface area contributed by atoms with Crippen LogP contribution in [0.15, 0.2) is 29.2 Å². The van der Waals surface area contributed by atoms with Gasteiger partial charge in [0.2, 0.25) is 10.0 Å². The molecule has 104 valence electrons. The fourth-order valence-corrected chi connectivity index (χ4v) is 3.94. The van der Waals surface area contributed by atoms with E-state index in [4.69, 9.17) is 5.73 Å². The van der Waals surface area contributed by atoms with Crippen molar-refractivity contribution in [3.05, 3.63) is 34.4 Å². The Morgan fingerprint density at radius 3 is 2.53 bits per heavy atom. The highest BCUT2D eigenvalue weighted by atomic mass is 32.2. The van der Waals surface area contributed by atoms with Gasteiger partial charge in [-0.05, 0) is 25.0 Å². The van der Waals surface area contributed by atoms with Crippen LogP contribution < -0.4 is 5.73 Å². The number of benzene rings is 1. The zero-order chi connectivity index (χ0) is 14.0. The van der Waals surface area contributed by atoms with Gasteiger partial charge in [-0.2, -0.15) is 4.31 Å². The zero-order valence-electron chi connectivity index (χ0n) is 10.2. The molecule has 0 bridgehead atoms. The van der Waals surface area contributed by atoms with Crippen molar-refractivity contribution < 1.29 is 13.3 Å². The number of non-ortho nitro benzene ring substituents is 1. The molecular formula is C11H15N3O4S. The predicted octanol–water partition coefficient (Wildman–Crippen LogP) is 0.707. The maximum absolute atomic E-state index is 12.4. The summed E-state index contributed by atoms with van der Waals surface area (Å²) in [5.74, 6) is 0. The Morgan fingerprint density at radius 2 is 2.00 bits per heavy atom. The maximum atomic E-state index is 12.4. The van der Waals surface area contributed by atoms with Gasteiger partial charge in [0.15, 0.2) is 0 Å². The second-order valence-electron chi connectivity index (χ2n) is 4.40. The highest BCUT2D eigenvalue weighted by molar-refractivity contribution is 7.89. The Hall–Kier alpha value is -1.51. The third-order valence-electron chi connectivity index (χ3n) is 3.25. The molecule has 2 N–H and O–H groups in total. The molecule has 0 saturated carbocycles. The van der Waals surface area contributed by atoms with E-state index in [0.717, 1.165) is 12.8 Å². The van der Waals surface area contributed by atoms with Gasteiger partial charge in [0.25, 0.3) is 5.69 Å². The third kappa shape index (κ3) is 2.60. The molecule has 8 heteroatoms. The second kappa shape index (κ2) is 5.24. The van der Waals surface area contributed by atoms with E-state index in [1.807, 2.05) is 0 Å². The number of sulfonamides is 1. The van der Waals surface area contributed by atoms with Crippen molar-refractivity contribution in [2.24, 2.45) is 5.73 Å². The maximum Gasteiger partial charge on any atom is 0.269 e. The number of nitrogens with two attached hydrogens (primary N) is 1. The van der Waals surface area contributed by atoms with Crippen molar-refractivity contribution in [2.75, 3.05) is 13.1 Å². The predicted molar refractivity (Wildman–Crippen MR) is 69.1 cm³/mol. The fourth-order valence-electron chi connectivity index (χ4n) is 2.24. The summed E-state index contributed by atoms with van der Waals surface area (Å²) < 4.78 is 26.2. The van der Waals surface area contributed by atoms with E-state index in [0.29, 0.717) is 6.54 Å². The van der Waals surface area contributed by atoms with E-state index in [9.17, 15) is 18.5 Å². The number of nitro groups is 1. The molecule has 0 spiro atoms. The van der Waals surface area contributed by atoms with E-state index in [-0.39, 0.29) is 23.2 Å². The Balaban J connectivity index is 2.31. The second-order valence-corrected chi connectivity index (χ2v) is 6.29. The van der Waals surface area contributed by atoms with Crippen molar-refractivity contribution in [2.45, 2.75) is 23.8 Å². The van der Waals surface area contributed by atoms with Crippen LogP contribution in [-0.2, 0) is 10.0 Å².